The first-order chi connectivity index (χ1) is 8.61. The molecule has 1 rings (SSSR count). The van der Waals surface area contributed by atoms with Gasteiger partial charge in [0.1, 0.15) is 5.69 Å². The first kappa shape index (κ1) is 15.6. The molecule has 0 saturated carbocycles. The lowest BCUT2D eigenvalue weighted by Crippen LogP contribution is -2.45. The Kier molecular flexibility index (Phi) is 4.63. The van der Waals surface area contributed by atoms with Crippen LogP contribution in [0.25, 0.3) is 0 Å². The lowest BCUT2D eigenvalue weighted by molar-refractivity contribution is -0.138. The van der Waals surface area contributed by atoms with Crippen molar-refractivity contribution < 1.29 is 14.7 Å². The van der Waals surface area contributed by atoms with Gasteiger partial charge in [-0.1, -0.05) is 32.4 Å². The fraction of sp³-hybridized carbons (Fsp3) is 0.538. The predicted octanol–water partition coefficient (Wildman–Crippen LogP) is 2.30. The van der Waals surface area contributed by atoms with Crippen LogP contribution in [0.3, 0.4) is 0 Å². The molecule has 19 heavy (non-hydrogen) atoms. The lowest BCUT2D eigenvalue weighted by atomic mass is 9.84. The average molecular weight is 287 g/mol. The molecule has 1 heterocycles. The van der Waals surface area contributed by atoms with Gasteiger partial charge in [-0.05, 0) is 11.5 Å². The van der Waals surface area contributed by atoms with Gasteiger partial charge < -0.3 is 15.0 Å². The van der Waals surface area contributed by atoms with E-state index in [0.717, 1.165) is 0 Å². The largest absolute Gasteiger partial charge is 0.481 e. The van der Waals surface area contributed by atoms with Crippen molar-refractivity contribution in [1.29, 1.82) is 0 Å². The van der Waals surface area contributed by atoms with Crippen LogP contribution < -0.4 is 5.32 Å². The van der Waals surface area contributed by atoms with Crippen molar-refractivity contribution in [3.63, 3.8) is 0 Å². The second-order valence-corrected chi connectivity index (χ2v) is 6.08. The van der Waals surface area contributed by atoms with Crippen LogP contribution in [0.5, 0.6) is 0 Å². The maximum Gasteiger partial charge on any atom is 0.305 e. The van der Waals surface area contributed by atoms with Crippen LogP contribution in [0.15, 0.2) is 12.3 Å². The highest BCUT2D eigenvalue weighted by atomic mass is 35.5. The number of aromatic nitrogens is 1. The minimum Gasteiger partial charge on any atom is -0.481 e. The standard InChI is InChI=1S/C13H19ClN2O3/c1-13(2,3)10(6-11(17)18)15-12(19)9-5-8(14)7-16(9)4/h5,7,10H,6H2,1-4H3,(H,15,19)(H,17,18). The molecule has 1 amide bonds. The summed E-state index contributed by atoms with van der Waals surface area (Å²) in [5.74, 6) is -1.26. The molecule has 106 valence electrons. The number of carbonyl (C=O) groups excluding carboxylic acids is 1. The number of amides is 1. The summed E-state index contributed by atoms with van der Waals surface area (Å²) in [7, 11) is 1.71. The predicted molar refractivity (Wildman–Crippen MR) is 73.4 cm³/mol. The number of hydrogen-bond acceptors (Lipinski definition) is 2. The van der Waals surface area contributed by atoms with Gasteiger partial charge in [0.2, 0.25) is 0 Å². The fourth-order valence-corrected chi connectivity index (χ4v) is 1.98. The van der Waals surface area contributed by atoms with Gasteiger partial charge >= 0.3 is 5.97 Å². The SMILES string of the molecule is Cn1cc(Cl)cc1C(=O)NC(CC(=O)O)C(C)(C)C. The number of rotatable bonds is 4. The van der Waals surface area contributed by atoms with E-state index in [2.05, 4.69) is 5.32 Å². The minimum absolute atomic E-state index is 0.118. The third kappa shape index (κ3) is 4.28. The van der Waals surface area contributed by atoms with Gasteiger partial charge in [0.25, 0.3) is 5.91 Å². The molecular formula is C13H19ClN2O3. The van der Waals surface area contributed by atoms with E-state index in [0.29, 0.717) is 10.7 Å². The van der Waals surface area contributed by atoms with Crippen molar-refractivity contribution in [3.8, 4) is 0 Å². The highest BCUT2D eigenvalue weighted by Gasteiger charge is 2.29. The lowest BCUT2D eigenvalue weighted by Gasteiger charge is -2.30. The van der Waals surface area contributed by atoms with Gasteiger partial charge in [-0.25, -0.2) is 0 Å². The summed E-state index contributed by atoms with van der Waals surface area (Å²) in [6.45, 7) is 5.66. The molecule has 0 aromatic carbocycles. The quantitative estimate of drug-likeness (QED) is 0.892. The number of carbonyl (C=O) groups is 2. The van der Waals surface area contributed by atoms with Crippen LogP contribution in [-0.2, 0) is 11.8 Å². The third-order valence-corrected chi connectivity index (χ3v) is 3.14. The summed E-state index contributed by atoms with van der Waals surface area (Å²) >= 11 is 5.83. The second-order valence-electron chi connectivity index (χ2n) is 5.64. The Morgan fingerprint density at radius 3 is 2.42 bits per heavy atom. The molecule has 0 aliphatic heterocycles. The molecule has 0 bridgehead atoms. The molecule has 0 aliphatic carbocycles. The van der Waals surface area contributed by atoms with E-state index in [1.165, 1.54) is 0 Å². The Hall–Kier alpha value is -1.49. The molecule has 2 N–H and O–H groups in total. The molecular weight excluding hydrogens is 268 g/mol. The van der Waals surface area contributed by atoms with E-state index in [9.17, 15) is 9.59 Å². The number of carboxylic acid groups (broad SMARTS) is 1. The molecule has 0 aliphatic rings. The number of hydrogen-bond donors (Lipinski definition) is 2. The van der Waals surface area contributed by atoms with Gasteiger partial charge in [-0.15, -0.1) is 0 Å². The monoisotopic (exact) mass is 286 g/mol. The van der Waals surface area contributed by atoms with E-state index in [1.807, 2.05) is 20.8 Å². The highest BCUT2D eigenvalue weighted by molar-refractivity contribution is 6.31. The molecule has 5 nitrogen and oxygen atoms in total. The normalized spacial score (nSPS) is 13.1. The van der Waals surface area contributed by atoms with Crippen LogP contribution in [0.1, 0.15) is 37.7 Å². The zero-order chi connectivity index (χ0) is 14.8. The molecule has 0 radical (unpaired) electrons. The zero-order valence-electron chi connectivity index (χ0n) is 11.5. The van der Waals surface area contributed by atoms with E-state index < -0.39 is 12.0 Å². The molecule has 1 unspecified atom stereocenters. The Bertz CT molecular complexity index is 489. The number of nitrogens with zero attached hydrogens (tertiary/aromatic N) is 1. The van der Waals surface area contributed by atoms with Crippen LogP contribution in [-0.4, -0.2) is 27.6 Å². The Morgan fingerprint density at radius 2 is 2.05 bits per heavy atom. The molecule has 1 aromatic rings. The summed E-state index contributed by atoms with van der Waals surface area (Å²) < 4.78 is 1.61. The zero-order valence-corrected chi connectivity index (χ0v) is 12.3. The molecule has 0 fully saturated rings. The van der Waals surface area contributed by atoms with E-state index in [1.54, 1.807) is 23.9 Å². The van der Waals surface area contributed by atoms with Crippen molar-refractivity contribution in [2.75, 3.05) is 0 Å². The van der Waals surface area contributed by atoms with Crippen LogP contribution in [0.2, 0.25) is 5.02 Å². The Labute approximate surface area is 117 Å². The summed E-state index contributed by atoms with van der Waals surface area (Å²) in [6, 6.07) is 1.10. The highest BCUT2D eigenvalue weighted by Crippen LogP contribution is 2.22. The van der Waals surface area contributed by atoms with Gasteiger partial charge in [-0.2, -0.15) is 0 Å². The summed E-state index contributed by atoms with van der Waals surface area (Å²) in [6.07, 6.45) is 1.51. The average Bonchev–Trinajstić information content (AvgIpc) is 2.54. The third-order valence-electron chi connectivity index (χ3n) is 2.93. The number of nitrogens with one attached hydrogen (secondary N) is 1. The first-order valence-corrected chi connectivity index (χ1v) is 6.33. The Balaban J connectivity index is 2.88. The molecule has 0 saturated heterocycles. The van der Waals surface area contributed by atoms with Crippen LogP contribution >= 0.6 is 11.6 Å². The van der Waals surface area contributed by atoms with Gasteiger partial charge in [0, 0.05) is 19.3 Å². The summed E-state index contributed by atoms with van der Waals surface area (Å²) in [4.78, 5) is 23.0. The van der Waals surface area contributed by atoms with E-state index >= 15 is 0 Å². The summed E-state index contributed by atoms with van der Waals surface area (Å²) in [5.41, 5.74) is 0.0628. The number of carboxylic acids is 1. The number of aryl methyl sites for hydroxylation is 1. The molecule has 6 heteroatoms. The smallest absolute Gasteiger partial charge is 0.305 e. The van der Waals surface area contributed by atoms with E-state index in [-0.39, 0.29) is 17.7 Å². The summed E-state index contributed by atoms with van der Waals surface area (Å²) in [5, 5.41) is 12.1. The van der Waals surface area contributed by atoms with Crippen molar-refractivity contribution in [2.45, 2.75) is 33.2 Å². The van der Waals surface area contributed by atoms with Crippen molar-refractivity contribution >= 4 is 23.5 Å². The van der Waals surface area contributed by atoms with Gasteiger partial charge in [-0.3, -0.25) is 9.59 Å². The van der Waals surface area contributed by atoms with Gasteiger partial charge in [0.05, 0.1) is 11.4 Å². The molecule has 1 atom stereocenters. The topological polar surface area (TPSA) is 71.3 Å². The number of aliphatic carboxylic acids is 1. The van der Waals surface area contributed by atoms with Crippen molar-refractivity contribution in [1.82, 2.24) is 9.88 Å². The van der Waals surface area contributed by atoms with Crippen molar-refractivity contribution in [3.05, 3.63) is 23.0 Å². The molecule has 0 spiro atoms. The van der Waals surface area contributed by atoms with Gasteiger partial charge in [0.15, 0.2) is 0 Å². The molecule has 1 aromatic heterocycles. The second kappa shape index (κ2) is 5.65. The van der Waals surface area contributed by atoms with Crippen LogP contribution in [0, 0.1) is 5.41 Å². The van der Waals surface area contributed by atoms with Crippen molar-refractivity contribution in [2.24, 2.45) is 12.5 Å². The van der Waals surface area contributed by atoms with E-state index in [4.69, 9.17) is 16.7 Å². The van der Waals surface area contributed by atoms with Crippen LogP contribution in [0.4, 0.5) is 0 Å². The maximum atomic E-state index is 12.1. The first-order valence-electron chi connectivity index (χ1n) is 5.96. The fourth-order valence-electron chi connectivity index (χ4n) is 1.73. The Morgan fingerprint density at radius 1 is 1.47 bits per heavy atom. The number of halogens is 1. The maximum absolute atomic E-state index is 12.1. The minimum atomic E-state index is -0.940.